The Hall–Kier alpha value is -2.98. The van der Waals surface area contributed by atoms with Gasteiger partial charge in [-0.3, -0.25) is 5.10 Å². The van der Waals surface area contributed by atoms with Crippen molar-refractivity contribution in [3.05, 3.63) is 29.6 Å². The molecule has 32 heavy (non-hydrogen) atoms. The van der Waals surface area contributed by atoms with Crippen LogP contribution in [-0.2, 0) is 22.9 Å². The van der Waals surface area contributed by atoms with Gasteiger partial charge >= 0.3 is 6.18 Å². The number of ketones is 1. The molecule has 4 heterocycles. The molecule has 0 amide bonds. The number of hydrogen-bond acceptors (Lipinski definition) is 6. The van der Waals surface area contributed by atoms with Gasteiger partial charge in [0.1, 0.15) is 17.3 Å². The van der Waals surface area contributed by atoms with Gasteiger partial charge in [0.15, 0.2) is 17.0 Å². The van der Waals surface area contributed by atoms with Crippen LogP contribution in [0.3, 0.4) is 0 Å². The molecule has 0 aromatic carbocycles. The van der Waals surface area contributed by atoms with E-state index in [4.69, 9.17) is 4.98 Å². The number of nitrogens with zero attached hydrogens (tertiary/aromatic N) is 6. The largest absolute Gasteiger partial charge is 0.433 e. The molecule has 1 N–H and O–H groups in total. The van der Waals surface area contributed by atoms with Crippen molar-refractivity contribution in [2.75, 3.05) is 18.0 Å². The lowest BCUT2D eigenvalue weighted by Gasteiger charge is -2.22. The number of Topliss-reactive ketones (excluding diaryl/α,β-unsaturated/α-hetero) is 1. The maximum Gasteiger partial charge on any atom is 0.433 e. The average molecular weight is 449 g/mol. The number of alkyl halides is 3. The first-order chi connectivity index (χ1) is 14.9. The number of carbonyl (C=O) groups excluding carboxylic acids is 1. The highest BCUT2D eigenvalue weighted by molar-refractivity contribution is 5.84. The second kappa shape index (κ2) is 7.86. The highest BCUT2D eigenvalue weighted by atomic mass is 19.4. The number of aromatic nitrogens is 6. The highest BCUT2D eigenvalue weighted by Gasteiger charge is 2.36. The minimum atomic E-state index is -4.53. The van der Waals surface area contributed by atoms with E-state index in [0.29, 0.717) is 35.8 Å². The summed E-state index contributed by atoms with van der Waals surface area (Å²) >= 11 is 0. The van der Waals surface area contributed by atoms with Gasteiger partial charge in [0.05, 0.1) is 19.1 Å². The first kappa shape index (κ1) is 22.2. The van der Waals surface area contributed by atoms with Crippen LogP contribution in [0.5, 0.6) is 0 Å². The fraction of sp³-hybridized carbons (Fsp3) is 0.571. The summed E-state index contributed by atoms with van der Waals surface area (Å²) in [5.74, 6) is 1.65. The molecule has 0 bridgehead atoms. The Morgan fingerprint density at radius 3 is 2.66 bits per heavy atom. The van der Waals surface area contributed by atoms with Crippen LogP contribution in [0.2, 0.25) is 0 Å². The maximum absolute atomic E-state index is 13.3. The van der Waals surface area contributed by atoms with E-state index in [0.717, 1.165) is 13.0 Å². The van der Waals surface area contributed by atoms with E-state index in [9.17, 15) is 18.0 Å². The Morgan fingerprint density at radius 1 is 1.25 bits per heavy atom. The standard InChI is InChI=1S/C21H26F3N7O/c1-12(32)7-13-5-6-30(9-13)17-15-18(28-19(27-17)20(2,3)4)31(11-25-15)10-14-8-26-29-16(14)21(22,23)24/h8,11,13H,5-7,9-10H2,1-4H3,(H,26,29)/t13-/m1/s1. The fourth-order valence-corrected chi connectivity index (χ4v) is 4.06. The predicted molar refractivity (Wildman–Crippen MR) is 112 cm³/mol. The Kier molecular flexibility index (Phi) is 5.46. The van der Waals surface area contributed by atoms with Gasteiger partial charge in [0.25, 0.3) is 0 Å². The zero-order valence-electron chi connectivity index (χ0n) is 18.5. The smallest absolute Gasteiger partial charge is 0.354 e. The first-order valence-corrected chi connectivity index (χ1v) is 10.5. The third kappa shape index (κ3) is 4.33. The van der Waals surface area contributed by atoms with Gasteiger partial charge in [0, 0.05) is 30.5 Å². The normalized spacial score (nSPS) is 17.5. The lowest BCUT2D eigenvalue weighted by Crippen LogP contribution is -2.25. The van der Waals surface area contributed by atoms with Gasteiger partial charge in [-0.05, 0) is 19.3 Å². The summed E-state index contributed by atoms with van der Waals surface area (Å²) in [5, 5.41) is 5.61. The van der Waals surface area contributed by atoms with Gasteiger partial charge < -0.3 is 14.3 Å². The Morgan fingerprint density at radius 2 is 2.00 bits per heavy atom. The molecule has 3 aromatic rings. The van der Waals surface area contributed by atoms with E-state index in [1.165, 1.54) is 12.5 Å². The van der Waals surface area contributed by atoms with Crippen molar-refractivity contribution in [3.63, 3.8) is 0 Å². The SMILES string of the molecule is CC(=O)C[C@H]1CCN(c2nc(C(C)(C)C)nc3c2ncn3Cc2cn[nH]c2C(F)(F)F)C1. The van der Waals surface area contributed by atoms with Crippen molar-refractivity contribution in [1.29, 1.82) is 0 Å². The topological polar surface area (TPSA) is 92.6 Å². The number of H-pyrrole nitrogens is 1. The van der Waals surface area contributed by atoms with E-state index in [1.54, 1.807) is 11.5 Å². The molecule has 1 fully saturated rings. The molecule has 1 atom stereocenters. The van der Waals surface area contributed by atoms with Crippen molar-refractivity contribution in [3.8, 4) is 0 Å². The summed E-state index contributed by atoms with van der Waals surface area (Å²) in [6.45, 7) is 8.89. The second-order valence-corrected chi connectivity index (χ2v) is 9.44. The Labute approximate surface area is 183 Å². The summed E-state index contributed by atoms with van der Waals surface area (Å²) in [4.78, 5) is 27.6. The molecule has 11 heteroatoms. The molecular weight excluding hydrogens is 423 g/mol. The number of fused-ring (bicyclic) bond motifs is 1. The zero-order chi connectivity index (χ0) is 23.3. The lowest BCUT2D eigenvalue weighted by molar-refractivity contribution is -0.141. The minimum Gasteiger partial charge on any atom is -0.354 e. The van der Waals surface area contributed by atoms with Crippen molar-refractivity contribution in [2.45, 2.75) is 58.7 Å². The van der Waals surface area contributed by atoms with Gasteiger partial charge in [-0.25, -0.2) is 15.0 Å². The summed E-state index contributed by atoms with van der Waals surface area (Å²) in [7, 11) is 0. The van der Waals surface area contributed by atoms with E-state index < -0.39 is 11.9 Å². The van der Waals surface area contributed by atoms with Crippen LogP contribution >= 0.6 is 0 Å². The molecule has 0 spiro atoms. The molecule has 0 saturated carbocycles. The number of aromatic amines is 1. The lowest BCUT2D eigenvalue weighted by atomic mass is 9.96. The number of nitrogens with one attached hydrogen (secondary N) is 1. The minimum absolute atomic E-state index is 0.0111. The van der Waals surface area contributed by atoms with Crippen molar-refractivity contribution >= 4 is 22.8 Å². The van der Waals surface area contributed by atoms with Crippen LogP contribution in [0.4, 0.5) is 19.0 Å². The van der Waals surface area contributed by atoms with Gasteiger partial charge in [-0.15, -0.1) is 0 Å². The van der Waals surface area contributed by atoms with Gasteiger partial charge in [0.2, 0.25) is 0 Å². The summed E-state index contributed by atoms with van der Waals surface area (Å²) in [6, 6.07) is 0. The highest BCUT2D eigenvalue weighted by Crippen LogP contribution is 2.33. The molecule has 3 aromatic heterocycles. The Balaban J connectivity index is 1.76. The van der Waals surface area contributed by atoms with Crippen LogP contribution in [0.1, 0.15) is 57.6 Å². The van der Waals surface area contributed by atoms with Crippen LogP contribution in [0, 0.1) is 5.92 Å². The molecule has 8 nitrogen and oxygen atoms in total. The van der Waals surface area contributed by atoms with Crippen molar-refractivity contribution < 1.29 is 18.0 Å². The number of anilines is 1. The third-order valence-corrected chi connectivity index (χ3v) is 5.62. The van der Waals surface area contributed by atoms with E-state index >= 15 is 0 Å². The van der Waals surface area contributed by atoms with E-state index in [-0.39, 0.29) is 29.2 Å². The zero-order valence-corrected chi connectivity index (χ0v) is 18.5. The monoisotopic (exact) mass is 449 g/mol. The maximum atomic E-state index is 13.3. The molecule has 1 saturated heterocycles. The third-order valence-electron chi connectivity index (χ3n) is 5.62. The molecular formula is C21H26F3N7O. The summed E-state index contributed by atoms with van der Waals surface area (Å²) < 4.78 is 41.5. The van der Waals surface area contributed by atoms with Crippen molar-refractivity contribution in [1.82, 2.24) is 29.7 Å². The van der Waals surface area contributed by atoms with Gasteiger partial charge in [-0.1, -0.05) is 20.8 Å². The number of imidazole rings is 1. The van der Waals surface area contributed by atoms with Crippen LogP contribution in [0.15, 0.2) is 12.5 Å². The van der Waals surface area contributed by atoms with Crippen molar-refractivity contribution in [2.24, 2.45) is 5.92 Å². The van der Waals surface area contributed by atoms with Crippen LogP contribution in [0.25, 0.3) is 11.2 Å². The average Bonchev–Trinajstić information content (AvgIpc) is 3.40. The molecule has 172 valence electrons. The first-order valence-electron chi connectivity index (χ1n) is 10.5. The molecule has 1 aliphatic rings. The van der Waals surface area contributed by atoms with Crippen LogP contribution in [-0.4, -0.2) is 48.6 Å². The molecule has 0 radical (unpaired) electrons. The quantitative estimate of drug-likeness (QED) is 0.638. The van der Waals surface area contributed by atoms with E-state index in [1.807, 2.05) is 25.9 Å². The Bertz CT molecular complexity index is 1140. The molecule has 0 unspecified atom stereocenters. The number of rotatable bonds is 5. The number of halogens is 3. The number of hydrogen-bond donors (Lipinski definition) is 1. The van der Waals surface area contributed by atoms with Gasteiger partial charge in [-0.2, -0.15) is 18.3 Å². The number of carbonyl (C=O) groups is 1. The molecule has 0 aliphatic carbocycles. The molecule has 4 rings (SSSR count). The predicted octanol–water partition coefficient (Wildman–Crippen LogP) is 3.72. The second-order valence-electron chi connectivity index (χ2n) is 9.44. The van der Waals surface area contributed by atoms with Crippen LogP contribution < -0.4 is 4.90 Å². The fourth-order valence-electron chi connectivity index (χ4n) is 4.06. The van der Waals surface area contributed by atoms with E-state index in [2.05, 4.69) is 20.0 Å². The summed E-state index contributed by atoms with van der Waals surface area (Å²) in [6.07, 6.45) is -0.466. The molecule has 1 aliphatic heterocycles. The summed E-state index contributed by atoms with van der Waals surface area (Å²) in [5.41, 5.74) is -0.223.